The van der Waals surface area contributed by atoms with Gasteiger partial charge in [-0.25, -0.2) is 8.42 Å². The summed E-state index contributed by atoms with van der Waals surface area (Å²) in [6, 6.07) is 18.9. The zero-order valence-corrected chi connectivity index (χ0v) is 15.2. The van der Waals surface area contributed by atoms with Crippen molar-refractivity contribution in [2.24, 2.45) is 0 Å². The van der Waals surface area contributed by atoms with Crippen LogP contribution in [0.3, 0.4) is 0 Å². The molecule has 0 aromatic heterocycles. The number of nitrogens with zero attached hydrogens (tertiary/aromatic N) is 1. The molecule has 2 rings (SSSR count). The van der Waals surface area contributed by atoms with Crippen molar-refractivity contribution in [3.8, 4) is 0 Å². The average molecular weight is 360 g/mol. The van der Waals surface area contributed by atoms with Crippen LogP contribution < -0.4 is 9.62 Å². The highest BCUT2D eigenvalue weighted by molar-refractivity contribution is 7.92. The molecule has 6 heteroatoms. The number of sulfonamides is 1. The molecule has 1 amide bonds. The highest BCUT2D eigenvalue weighted by Gasteiger charge is 2.18. The Morgan fingerprint density at radius 2 is 1.60 bits per heavy atom. The van der Waals surface area contributed by atoms with Crippen molar-refractivity contribution in [3.63, 3.8) is 0 Å². The van der Waals surface area contributed by atoms with E-state index in [4.69, 9.17) is 0 Å². The van der Waals surface area contributed by atoms with E-state index in [1.54, 1.807) is 24.3 Å². The molecular formula is C19H24N2O3S. The first-order valence-electron chi connectivity index (χ1n) is 8.30. The summed E-state index contributed by atoms with van der Waals surface area (Å²) in [5.41, 5.74) is 1.81. The van der Waals surface area contributed by atoms with E-state index in [-0.39, 0.29) is 18.9 Å². The van der Waals surface area contributed by atoms with Gasteiger partial charge in [-0.1, -0.05) is 48.5 Å². The largest absolute Gasteiger partial charge is 0.356 e. The predicted molar refractivity (Wildman–Crippen MR) is 101 cm³/mol. The molecule has 2 aromatic rings. The van der Waals surface area contributed by atoms with E-state index in [2.05, 4.69) is 17.4 Å². The highest BCUT2D eigenvalue weighted by atomic mass is 32.2. The molecule has 25 heavy (non-hydrogen) atoms. The molecule has 0 saturated heterocycles. The van der Waals surface area contributed by atoms with Gasteiger partial charge in [0.2, 0.25) is 15.9 Å². The smallest absolute Gasteiger partial charge is 0.232 e. The molecule has 0 saturated carbocycles. The number of hydrogen-bond donors (Lipinski definition) is 1. The van der Waals surface area contributed by atoms with Gasteiger partial charge < -0.3 is 5.32 Å². The first kappa shape index (κ1) is 19.0. The van der Waals surface area contributed by atoms with Crippen molar-refractivity contribution in [1.82, 2.24) is 5.32 Å². The summed E-state index contributed by atoms with van der Waals surface area (Å²) in [5, 5.41) is 2.85. The molecule has 0 fully saturated rings. The number of hydrogen-bond acceptors (Lipinski definition) is 3. The summed E-state index contributed by atoms with van der Waals surface area (Å²) < 4.78 is 25.2. The van der Waals surface area contributed by atoms with Gasteiger partial charge in [-0.2, -0.15) is 0 Å². The van der Waals surface area contributed by atoms with E-state index in [1.807, 2.05) is 24.3 Å². The molecule has 1 N–H and O–H groups in total. The molecule has 0 heterocycles. The second-order valence-corrected chi connectivity index (χ2v) is 7.77. The van der Waals surface area contributed by atoms with E-state index in [9.17, 15) is 13.2 Å². The van der Waals surface area contributed by atoms with Gasteiger partial charge in [0.1, 0.15) is 0 Å². The van der Waals surface area contributed by atoms with Crippen LogP contribution in [0, 0.1) is 0 Å². The number of benzene rings is 2. The van der Waals surface area contributed by atoms with Gasteiger partial charge in [0.05, 0.1) is 11.9 Å². The second kappa shape index (κ2) is 9.22. The summed E-state index contributed by atoms with van der Waals surface area (Å²) in [7, 11) is -3.42. The number of nitrogens with one attached hydrogen (secondary N) is 1. The number of para-hydroxylation sites is 1. The fourth-order valence-corrected chi connectivity index (χ4v) is 3.46. The summed E-state index contributed by atoms with van der Waals surface area (Å²) in [6.07, 6.45) is 3.04. The fourth-order valence-electron chi connectivity index (χ4n) is 2.54. The first-order valence-corrected chi connectivity index (χ1v) is 10.1. The molecular weight excluding hydrogens is 336 g/mol. The normalized spacial score (nSPS) is 11.1. The number of rotatable bonds is 9. The molecule has 0 radical (unpaired) electrons. The molecule has 0 bridgehead atoms. The number of carbonyl (C=O) groups excluding carboxylic acids is 1. The number of carbonyl (C=O) groups is 1. The van der Waals surface area contributed by atoms with Crippen LogP contribution >= 0.6 is 0 Å². The third-order valence-electron chi connectivity index (χ3n) is 3.79. The number of anilines is 1. The van der Waals surface area contributed by atoms with Gasteiger partial charge in [0.15, 0.2) is 0 Å². The Bertz CT molecular complexity index is 762. The molecule has 5 nitrogen and oxygen atoms in total. The van der Waals surface area contributed by atoms with E-state index in [0.29, 0.717) is 12.2 Å². The number of amides is 1. The van der Waals surface area contributed by atoms with Crippen molar-refractivity contribution < 1.29 is 13.2 Å². The van der Waals surface area contributed by atoms with Gasteiger partial charge in [-0.15, -0.1) is 0 Å². The summed E-state index contributed by atoms with van der Waals surface area (Å²) in [4.78, 5) is 12.0. The van der Waals surface area contributed by atoms with E-state index in [1.165, 1.54) is 9.87 Å². The Hall–Kier alpha value is -2.34. The lowest BCUT2D eigenvalue weighted by Gasteiger charge is -2.22. The fraction of sp³-hybridized carbons (Fsp3) is 0.316. The van der Waals surface area contributed by atoms with Gasteiger partial charge in [0, 0.05) is 19.5 Å². The van der Waals surface area contributed by atoms with Crippen LogP contribution in [0.2, 0.25) is 0 Å². The third-order valence-corrected chi connectivity index (χ3v) is 4.99. The topological polar surface area (TPSA) is 66.5 Å². The minimum absolute atomic E-state index is 0.132. The monoisotopic (exact) mass is 360 g/mol. The van der Waals surface area contributed by atoms with Crippen molar-refractivity contribution in [3.05, 3.63) is 66.2 Å². The highest BCUT2D eigenvalue weighted by Crippen LogP contribution is 2.16. The van der Waals surface area contributed by atoms with E-state index < -0.39 is 10.0 Å². The molecule has 0 atom stereocenters. The molecule has 0 aliphatic heterocycles. The lowest BCUT2D eigenvalue weighted by atomic mass is 10.1. The van der Waals surface area contributed by atoms with Crippen LogP contribution in [-0.4, -0.2) is 33.7 Å². The number of aryl methyl sites for hydroxylation is 1. The maximum Gasteiger partial charge on any atom is 0.232 e. The molecule has 0 spiro atoms. The van der Waals surface area contributed by atoms with Crippen molar-refractivity contribution in [2.75, 3.05) is 23.7 Å². The maximum atomic E-state index is 12.0. The Labute approximate surface area is 149 Å². The van der Waals surface area contributed by atoms with Crippen LogP contribution in [0.5, 0.6) is 0 Å². The Kier molecular flexibility index (Phi) is 7.01. The molecule has 0 aliphatic rings. The minimum Gasteiger partial charge on any atom is -0.356 e. The van der Waals surface area contributed by atoms with Crippen LogP contribution in [0.4, 0.5) is 5.69 Å². The Morgan fingerprint density at radius 1 is 1.00 bits per heavy atom. The third kappa shape index (κ3) is 6.58. The lowest BCUT2D eigenvalue weighted by Crippen LogP contribution is -2.34. The lowest BCUT2D eigenvalue weighted by molar-refractivity contribution is -0.120. The quantitative estimate of drug-likeness (QED) is 0.699. The van der Waals surface area contributed by atoms with Gasteiger partial charge >= 0.3 is 0 Å². The van der Waals surface area contributed by atoms with Gasteiger partial charge in [-0.3, -0.25) is 9.10 Å². The minimum atomic E-state index is -3.42. The van der Waals surface area contributed by atoms with Gasteiger partial charge in [0.25, 0.3) is 0 Å². The molecule has 0 unspecified atom stereocenters. The van der Waals surface area contributed by atoms with Crippen LogP contribution in [0.15, 0.2) is 60.7 Å². The van der Waals surface area contributed by atoms with E-state index in [0.717, 1.165) is 19.1 Å². The zero-order chi connectivity index (χ0) is 18.1. The van der Waals surface area contributed by atoms with Crippen molar-refractivity contribution >= 4 is 21.6 Å². The summed E-state index contributed by atoms with van der Waals surface area (Å²) in [5.74, 6) is -0.141. The second-order valence-electron chi connectivity index (χ2n) is 5.86. The summed E-state index contributed by atoms with van der Waals surface area (Å²) >= 11 is 0. The Morgan fingerprint density at radius 3 is 2.20 bits per heavy atom. The van der Waals surface area contributed by atoms with Crippen LogP contribution in [0.25, 0.3) is 0 Å². The summed E-state index contributed by atoms with van der Waals surface area (Å²) in [6.45, 7) is 0.714. The van der Waals surface area contributed by atoms with Crippen molar-refractivity contribution in [1.29, 1.82) is 0 Å². The Balaban J connectivity index is 1.77. The molecule has 0 aliphatic carbocycles. The SMILES string of the molecule is CS(=O)(=O)N(CCC(=O)NCCCc1ccccc1)c1ccccc1. The molecule has 134 valence electrons. The average Bonchev–Trinajstić information content (AvgIpc) is 2.59. The van der Waals surface area contributed by atoms with Crippen molar-refractivity contribution in [2.45, 2.75) is 19.3 Å². The maximum absolute atomic E-state index is 12.0. The predicted octanol–water partition coefficient (Wildman–Crippen LogP) is 2.59. The van der Waals surface area contributed by atoms with Gasteiger partial charge in [-0.05, 0) is 30.5 Å². The van der Waals surface area contributed by atoms with Crippen LogP contribution in [0.1, 0.15) is 18.4 Å². The zero-order valence-electron chi connectivity index (χ0n) is 14.4. The van der Waals surface area contributed by atoms with Crippen LogP contribution in [-0.2, 0) is 21.2 Å². The standard InChI is InChI=1S/C19H24N2O3S/c1-25(23,24)21(18-12-6-3-7-13-18)16-14-19(22)20-15-8-11-17-9-4-2-5-10-17/h2-7,9-10,12-13H,8,11,14-16H2,1H3,(H,20,22). The first-order chi connectivity index (χ1) is 12.0. The molecule has 2 aromatic carbocycles. The van der Waals surface area contributed by atoms with E-state index >= 15 is 0 Å².